The number of rotatable bonds is 2. The maximum Gasteiger partial charge on any atom is 0.0957 e. The summed E-state index contributed by atoms with van der Waals surface area (Å²) in [7, 11) is 2.22. The minimum Gasteiger partial charge on any atom is -0.360 e. The minimum atomic E-state index is 0.794. The highest BCUT2D eigenvalue weighted by Gasteiger charge is 2.22. The lowest BCUT2D eigenvalue weighted by atomic mass is 9.96. The quantitative estimate of drug-likeness (QED) is 0.751. The molecule has 0 bridgehead atoms. The number of amidine groups is 1. The first kappa shape index (κ1) is 10.9. The maximum atomic E-state index is 7.93. The molecule has 0 saturated carbocycles. The van der Waals surface area contributed by atoms with E-state index in [0.717, 1.165) is 31.3 Å². The lowest BCUT2D eigenvalue weighted by molar-refractivity contribution is 0.177. The second-order valence-corrected chi connectivity index (χ2v) is 5.12. The molecule has 0 aliphatic carbocycles. The fourth-order valence-electron chi connectivity index (χ4n) is 2.82. The van der Waals surface area contributed by atoms with Crippen LogP contribution in [0.2, 0.25) is 0 Å². The van der Waals surface area contributed by atoms with Crippen LogP contribution in [-0.2, 0) is 0 Å². The van der Waals surface area contributed by atoms with Crippen molar-refractivity contribution in [3.05, 3.63) is 0 Å². The molecule has 0 aromatic heterocycles. The van der Waals surface area contributed by atoms with Gasteiger partial charge in [0.2, 0.25) is 0 Å². The van der Waals surface area contributed by atoms with Crippen LogP contribution in [0.4, 0.5) is 0 Å². The second-order valence-electron chi connectivity index (χ2n) is 5.12. The van der Waals surface area contributed by atoms with Crippen LogP contribution in [0.25, 0.3) is 0 Å². The summed E-state index contributed by atoms with van der Waals surface area (Å²) in [4.78, 5) is 4.75. The Labute approximate surface area is 92.9 Å². The Kier molecular flexibility index (Phi) is 3.62. The molecule has 3 heteroatoms. The third-order valence-electron chi connectivity index (χ3n) is 3.67. The van der Waals surface area contributed by atoms with E-state index in [2.05, 4.69) is 16.8 Å². The highest BCUT2D eigenvalue weighted by molar-refractivity contribution is 5.79. The van der Waals surface area contributed by atoms with E-state index in [4.69, 9.17) is 5.41 Å². The van der Waals surface area contributed by atoms with Crippen molar-refractivity contribution in [1.29, 1.82) is 5.41 Å². The Morgan fingerprint density at radius 1 is 1.27 bits per heavy atom. The van der Waals surface area contributed by atoms with E-state index in [9.17, 15) is 0 Å². The van der Waals surface area contributed by atoms with E-state index in [1.807, 2.05) is 0 Å². The molecule has 0 aromatic rings. The average Bonchev–Trinajstić information content (AvgIpc) is 2.22. The van der Waals surface area contributed by atoms with E-state index < -0.39 is 0 Å². The van der Waals surface area contributed by atoms with Crippen LogP contribution in [-0.4, -0.2) is 48.9 Å². The minimum absolute atomic E-state index is 0.794. The maximum absolute atomic E-state index is 7.93. The van der Waals surface area contributed by atoms with Crippen molar-refractivity contribution in [2.45, 2.75) is 32.1 Å². The van der Waals surface area contributed by atoms with Crippen molar-refractivity contribution in [2.75, 3.05) is 33.2 Å². The van der Waals surface area contributed by atoms with E-state index >= 15 is 0 Å². The third-order valence-corrected chi connectivity index (χ3v) is 3.67. The molecular formula is C12H23N3. The van der Waals surface area contributed by atoms with Gasteiger partial charge in [0.05, 0.1) is 5.84 Å². The monoisotopic (exact) mass is 209 g/mol. The molecule has 0 radical (unpaired) electrons. The fourth-order valence-corrected chi connectivity index (χ4v) is 2.82. The molecule has 0 amide bonds. The smallest absolute Gasteiger partial charge is 0.0957 e. The Bertz CT molecular complexity index is 227. The summed E-state index contributed by atoms with van der Waals surface area (Å²) in [5.74, 6) is 1.68. The summed E-state index contributed by atoms with van der Waals surface area (Å²) in [6.07, 6.45) is 6.20. The van der Waals surface area contributed by atoms with Gasteiger partial charge < -0.3 is 9.80 Å². The van der Waals surface area contributed by atoms with Crippen molar-refractivity contribution < 1.29 is 0 Å². The van der Waals surface area contributed by atoms with Crippen LogP contribution in [0.1, 0.15) is 32.1 Å². The van der Waals surface area contributed by atoms with Crippen LogP contribution in [0.5, 0.6) is 0 Å². The molecular weight excluding hydrogens is 186 g/mol. The van der Waals surface area contributed by atoms with Crippen LogP contribution in [0.3, 0.4) is 0 Å². The Hall–Kier alpha value is -0.570. The number of hydrogen-bond acceptors (Lipinski definition) is 2. The van der Waals surface area contributed by atoms with E-state index in [1.165, 1.54) is 38.8 Å². The van der Waals surface area contributed by atoms with E-state index in [1.54, 1.807) is 0 Å². The molecule has 2 aliphatic rings. The molecule has 0 spiro atoms. The normalized spacial score (nSPS) is 29.5. The largest absolute Gasteiger partial charge is 0.360 e. The van der Waals surface area contributed by atoms with Crippen LogP contribution >= 0.6 is 0 Å². The summed E-state index contributed by atoms with van der Waals surface area (Å²) in [6, 6.07) is 0. The fraction of sp³-hybridized carbons (Fsp3) is 0.917. The molecule has 2 saturated heterocycles. The number of piperidine rings is 2. The van der Waals surface area contributed by atoms with Gasteiger partial charge in [-0.05, 0) is 45.2 Å². The lowest BCUT2D eigenvalue weighted by Gasteiger charge is -2.36. The molecule has 15 heavy (non-hydrogen) atoms. The van der Waals surface area contributed by atoms with Crippen LogP contribution in [0, 0.1) is 11.3 Å². The number of likely N-dealkylation sites (tertiary alicyclic amines) is 2. The summed E-state index contributed by atoms with van der Waals surface area (Å²) in [5.41, 5.74) is 0. The van der Waals surface area contributed by atoms with Gasteiger partial charge in [0, 0.05) is 26.1 Å². The van der Waals surface area contributed by atoms with Crippen LogP contribution < -0.4 is 0 Å². The molecule has 86 valence electrons. The van der Waals surface area contributed by atoms with Gasteiger partial charge in [-0.15, -0.1) is 0 Å². The van der Waals surface area contributed by atoms with Gasteiger partial charge in [-0.25, -0.2) is 0 Å². The van der Waals surface area contributed by atoms with Crippen molar-refractivity contribution in [3.63, 3.8) is 0 Å². The molecule has 1 unspecified atom stereocenters. The number of nitrogens with one attached hydrogen (secondary N) is 1. The van der Waals surface area contributed by atoms with Gasteiger partial charge in [-0.3, -0.25) is 5.41 Å². The van der Waals surface area contributed by atoms with Gasteiger partial charge in [0.15, 0.2) is 0 Å². The van der Waals surface area contributed by atoms with E-state index in [-0.39, 0.29) is 0 Å². The van der Waals surface area contributed by atoms with E-state index in [0.29, 0.717) is 0 Å². The van der Waals surface area contributed by atoms with Crippen LogP contribution in [0.15, 0.2) is 0 Å². The molecule has 2 fully saturated rings. The molecule has 0 aromatic carbocycles. The summed E-state index contributed by atoms with van der Waals surface area (Å²) in [6.45, 7) is 4.74. The van der Waals surface area contributed by atoms with Gasteiger partial charge in [0.25, 0.3) is 0 Å². The topological polar surface area (TPSA) is 30.3 Å². The highest BCUT2D eigenvalue weighted by atomic mass is 15.2. The summed E-state index contributed by atoms with van der Waals surface area (Å²) >= 11 is 0. The Balaban J connectivity index is 1.81. The summed E-state index contributed by atoms with van der Waals surface area (Å²) in [5, 5.41) is 7.93. The first-order chi connectivity index (χ1) is 7.25. The van der Waals surface area contributed by atoms with Crippen molar-refractivity contribution in [3.8, 4) is 0 Å². The molecule has 1 atom stereocenters. The lowest BCUT2D eigenvalue weighted by Crippen LogP contribution is -2.43. The number of nitrogens with zero attached hydrogens (tertiary/aromatic N) is 2. The zero-order valence-electron chi connectivity index (χ0n) is 9.84. The van der Waals surface area contributed by atoms with Gasteiger partial charge in [-0.1, -0.05) is 0 Å². The molecule has 1 N–H and O–H groups in total. The van der Waals surface area contributed by atoms with Crippen molar-refractivity contribution in [1.82, 2.24) is 9.80 Å². The average molecular weight is 209 g/mol. The zero-order valence-corrected chi connectivity index (χ0v) is 9.84. The predicted molar refractivity (Wildman–Crippen MR) is 63.4 cm³/mol. The third kappa shape index (κ3) is 2.94. The molecule has 3 nitrogen and oxygen atoms in total. The molecule has 2 aliphatic heterocycles. The van der Waals surface area contributed by atoms with Crippen molar-refractivity contribution in [2.24, 2.45) is 5.92 Å². The first-order valence-electron chi connectivity index (χ1n) is 6.26. The second kappa shape index (κ2) is 4.97. The summed E-state index contributed by atoms with van der Waals surface area (Å²) < 4.78 is 0. The Morgan fingerprint density at radius 2 is 2.13 bits per heavy atom. The van der Waals surface area contributed by atoms with Gasteiger partial charge >= 0.3 is 0 Å². The first-order valence-corrected chi connectivity index (χ1v) is 6.26. The highest BCUT2D eigenvalue weighted by Crippen LogP contribution is 2.19. The zero-order chi connectivity index (χ0) is 10.7. The van der Waals surface area contributed by atoms with Gasteiger partial charge in [-0.2, -0.15) is 0 Å². The molecule has 2 rings (SSSR count). The van der Waals surface area contributed by atoms with Crippen molar-refractivity contribution >= 4 is 5.84 Å². The Morgan fingerprint density at radius 3 is 2.87 bits per heavy atom. The van der Waals surface area contributed by atoms with Gasteiger partial charge in [0.1, 0.15) is 0 Å². The SMILES string of the molecule is CN1CCCC(CN2CCCCC2=N)C1. The standard InChI is InChI=1S/C12H23N3/c1-14-7-4-5-11(9-14)10-15-8-3-2-6-12(15)13/h11,13H,2-10H2,1H3. The predicted octanol–water partition coefficient (Wildman–Crippen LogP) is 1.79. The molecule has 2 heterocycles. The number of hydrogen-bond donors (Lipinski definition) is 1.